The van der Waals surface area contributed by atoms with Gasteiger partial charge in [-0.15, -0.1) is 0 Å². The van der Waals surface area contributed by atoms with Crippen molar-refractivity contribution in [2.75, 3.05) is 0 Å². The number of hydrogen-bond donors (Lipinski definition) is 1. The van der Waals surface area contributed by atoms with Crippen molar-refractivity contribution in [3.8, 4) is 0 Å². The van der Waals surface area contributed by atoms with Crippen molar-refractivity contribution < 1.29 is 4.74 Å². The number of fused-ring (bicyclic) bond motifs is 1. The van der Waals surface area contributed by atoms with E-state index in [1.165, 1.54) is 11.1 Å². The van der Waals surface area contributed by atoms with E-state index in [0.29, 0.717) is 18.2 Å². The molecule has 2 aromatic carbocycles. The average molecular weight is 260 g/mol. The van der Waals surface area contributed by atoms with Gasteiger partial charge in [0.1, 0.15) is 0 Å². The fraction of sp³-hybridized carbons (Fsp3) is 0.200. The van der Waals surface area contributed by atoms with Gasteiger partial charge in [-0.05, 0) is 34.4 Å². The quantitative estimate of drug-likeness (QED) is 0.897. The lowest BCUT2D eigenvalue weighted by Gasteiger charge is -2.14. The van der Waals surface area contributed by atoms with E-state index in [4.69, 9.17) is 22.1 Å². The highest BCUT2D eigenvalue weighted by molar-refractivity contribution is 6.30. The molecule has 1 unspecified atom stereocenters. The maximum atomic E-state index is 6.28. The molecular formula is C15H14ClNO. The number of hydrogen-bond acceptors (Lipinski definition) is 2. The Morgan fingerprint density at radius 3 is 2.61 bits per heavy atom. The molecule has 0 saturated heterocycles. The molecular weight excluding hydrogens is 246 g/mol. The molecule has 2 nitrogen and oxygen atoms in total. The molecule has 3 rings (SSSR count). The predicted octanol–water partition coefficient (Wildman–Crippen LogP) is 3.42. The lowest BCUT2D eigenvalue weighted by molar-refractivity contribution is 0.134. The standard InChI is InChI=1S/C15H14ClNO/c16-14-3-1-2-10(7-14)15(17)11-4-5-12-8-18-9-13(12)6-11/h1-7,15H,8-9,17H2. The van der Waals surface area contributed by atoms with E-state index in [-0.39, 0.29) is 6.04 Å². The van der Waals surface area contributed by atoms with Crippen LogP contribution in [0.3, 0.4) is 0 Å². The number of nitrogens with two attached hydrogens (primary N) is 1. The maximum Gasteiger partial charge on any atom is 0.0725 e. The Bertz CT molecular complexity index is 582. The van der Waals surface area contributed by atoms with Crippen LogP contribution in [0.5, 0.6) is 0 Å². The van der Waals surface area contributed by atoms with E-state index in [9.17, 15) is 0 Å². The van der Waals surface area contributed by atoms with Crippen LogP contribution in [-0.4, -0.2) is 0 Å². The molecule has 0 amide bonds. The third-order valence-corrected chi connectivity index (χ3v) is 3.55. The minimum Gasteiger partial charge on any atom is -0.372 e. The van der Waals surface area contributed by atoms with Crippen molar-refractivity contribution in [2.45, 2.75) is 19.3 Å². The second-order valence-electron chi connectivity index (χ2n) is 4.55. The van der Waals surface area contributed by atoms with Crippen molar-refractivity contribution in [3.05, 3.63) is 69.7 Å². The molecule has 0 saturated carbocycles. The topological polar surface area (TPSA) is 35.2 Å². The van der Waals surface area contributed by atoms with Crippen LogP contribution in [0.1, 0.15) is 28.3 Å². The van der Waals surface area contributed by atoms with Crippen LogP contribution in [0.4, 0.5) is 0 Å². The van der Waals surface area contributed by atoms with Crippen molar-refractivity contribution in [3.63, 3.8) is 0 Å². The molecule has 2 aromatic rings. The molecule has 3 heteroatoms. The number of ether oxygens (including phenoxy) is 1. The smallest absolute Gasteiger partial charge is 0.0725 e. The lowest BCUT2D eigenvalue weighted by atomic mass is 9.96. The van der Waals surface area contributed by atoms with E-state index >= 15 is 0 Å². The van der Waals surface area contributed by atoms with Crippen LogP contribution in [0.2, 0.25) is 5.02 Å². The second-order valence-corrected chi connectivity index (χ2v) is 4.99. The predicted molar refractivity (Wildman–Crippen MR) is 72.4 cm³/mol. The molecule has 92 valence electrons. The lowest BCUT2D eigenvalue weighted by Crippen LogP contribution is -2.12. The monoisotopic (exact) mass is 259 g/mol. The van der Waals surface area contributed by atoms with Gasteiger partial charge in [-0.1, -0.05) is 41.9 Å². The molecule has 0 spiro atoms. The van der Waals surface area contributed by atoms with Gasteiger partial charge in [0.15, 0.2) is 0 Å². The molecule has 2 N–H and O–H groups in total. The van der Waals surface area contributed by atoms with Crippen LogP contribution >= 0.6 is 11.6 Å². The Hall–Kier alpha value is -1.35. The normalized spacial score (nSPS) is 15.4. The molecule has 0 fully saturated rings. The summed E-state index contributed by atoms with van der Waals surface area (Å²) in [7, 11) is 0. The van der Waals surface area contributed by atoms with Crippen molar-refractivity contribution in [1.82, 2.24) is 0 Å². The fourth-order valence-electron chi connectivity index (χ4n) is 2.28. The van der Waals surface area contributed by atoms with Crippen molar-refractivity contribution >= 4 is 11.6 Å². The first-order valence-electron chi connectivity index (χ1n) is 5.94. The first-order chi connectivity index (χ1) is 8.74. The van der Waals surface area contributed by atoms with E-state index < -0.39 is 0 Å². The summed E-state index contributed by atoms with van der Waals surface area (Å²) >= 11 is 5.99. The highest BCUT2D eigenvalue weighted by Crippen LogP contribution is 2.27. The van der Waals surface area contributed by atoms with Gasteiger partial charge < -0.3 is 10.5 Å². The zero-order chi connectivity index (χ0) is 12.5. The van der Waals surface area contributed by atoms with E-state index in [2.05, 4.69) is 18.2 Å². The Kier molecular flexibility index (Phi) is 3.08. The second kappa shape index (κ2) is 4.73. The summed E-state index contributed by atoms with van der Waals surface area (Å²) in [5.41, 5.74) is 10.9. The van der Waals surface area contributed by atoms with Gasteiger partial charge in [0, 0.05) is 5.02 Å². The zero-order valence-electron chi connectivity index (χ0n) is 9.90. The van der Waals surface area contributed by atoms with E-state index in [0.717, 1.165) is 11.1 Å². The molecule has 1 atom stereocenters. The fourth-order valence-corrected chi connectivity index (χ4v) is 2.48. The van der Waals surface area contributed by atoms with Crippen LogP contribution in [0.15, 0.2) is 42.5 Å². The molecule has 18 heavy (non-hydrogen) atoms. The highest BCUT2D eigenvalue weighted by Gasteiger charge is 2.15. The summed E-state index contributed by atoms with van der Waals surface area (Å²) in [5.74, 6) is 0. The van der Waals surface area contributed by atoms with E-state index in [1.54, 1.807) is 0 Å². The van der Waals surface area contributed by atoms with E-state index in [1.807, 2.05) is 24.3 Å². The van der Waals surface area contributed by atoms with Gasteiger partial charge >= 0.3 is 0 Å². The summed E-state index contributed by atoms with van der Waals surface area (Å²) < 4.78 is 5.41. The van der Waals surface area contributed by atoms with Crippen LogP contribution < -0.4 is 5.73 Å². The summed E-state index contributed by atoms with van der Waals surface area (Å²) in [6.07, 6.45) is 0. The zero-order valence-corrected chi connectivity index (χ0v) is 10.7. The average Bonchev–Trinajstić information content (AvgIpc) is 2.85. The van der Waals surface area contributed by atoms with Crippen LogP contribution in [0, 0.1) is 0 Å². The summed E-state index contributed by atoms with van der Waals surface area (Å²) in [6, 6.07) is 13.8. The molecule has 0 radical (unpaired) electrons. The number of rotatable bonds is 2. The molecule has 0 aromatic heterocycles. The number of benzene rings is 2. The molecule has 1 aliphatic rings. The summed E-state index contributed by atoms with van der Waals surface area (Å²) in [6.45, 7) is 1.40. The third kappa shape index (κ3) is 2.15. The first kappa shape index (κ1) is 11.7. The Balaban J connectivity index is 1.95. The van der Waals surface area contributed by atoms with Gasteiger partial charge in [-0.3, -0.25) is 0 Å². The molecule has 0 bridgehead atoms. The van der Waals surface area contributed by atoms with Crippen molar-refractivity contribution in [1.29, 1.82) is 0 Å². The van der Waals surface area contributed by atoms with Gasteiger partial charge in [0.05, 0.1) is 19.3 Å². The largest absolute Gasteiger partial charge is 0.372 e. The Morgan fingerprint density at radius 1 is 1.00 bits per heavy atom. The van der Waals surface area contributed by atoms with Gasteiger partial charge in [-0.2, -0.15) is 0 Å². The van der Waals surface area contributed by atoms with Gasteiger partial charge in [0.2, 0.25) is 0 Å². The van der Waals surface area contributed by atoms with Gasteiger partial charge in [-0.25, -0.2) is 0 Å². The summed E-state index contributed by atoms with van der Waals surface area (Å²) in [5, 5.41) is 0.715. The minimum absolute atomic E-state index is 0.144. The molecule has 1 aliphatic heterocycles. The van der Waals surface area contributed by atoms with Crippen molar-refractivity contribution in [2.24, 2.45) is 5.73 Å². The Labute approximate surface area is 111 Å². The summed E-state index contributed by atoms with van der Waals surface area (Å²) in [4.78, 5) is 0. The SMILES string of the molecule is NC(c1cccc(Cl)c1)c1ccc2c(c1)COC2. The maximum absolute atomic E-state index is 6.28. The molecule has 1 heterocycles. The van der Waals surface area contributed by atoms with Gasteiger partial charge in [0.25, 0.3) is 0 Å². The minimum atomic E-state index is -0.144. The van der Waals surface area contributed by atoms with Crippen LogP contribution in [-0.2, 0) is 18.0 Å². The highest BCUT2D eigenvalue weighted by atomic mass is 35.5. The third-order valence-electron chi connectivity index (χ3n) is 3.31. The molecule has 0 aliphatic carbocycles. The van der Waals surface area contributed by atoms with Crippen LogP contribution in [0.25, 0.3) is 0 Å². The Morgan fingerprint density at radius 2 is 1.78 bits per heavy atom. The first-order valence-corrected chi connectivity index (χ1v) is 6.32. The number of halogens is 1.